The van der Waals surface area contributed by atoms with Gasteiger partial charge in [-0.3, -0.25) is 5.32 Å². The molecular weight excluding hydrogens is 156 g/mol. The topological polar surface area (TPSA) is 54.3 Å². The van der Waals surface area contributed by atoms with Crippen molar-refractivity contribution >= 4 is 0 Å². The summed E-state index contributed by atoms with van der Waals surface area (Å²) in [5.74, 6) is 0. The Morgan fingerprint density at radius 2 is 2.17 bits per heavy atom. The van der Waals surface area contributed by atoms with E-state index in [1.165, 1.54) is 0 Å². The summed E-state index contributed by atoms with van der Waals surface area (Å²) in [6, 6.07) is 1.94. The number of hydrogen-bond acceptors (Lipinski definition) is 4. The fourth-order valence-corrected chi connectivity index (χ4v) is 0.750. The van der Waals surface area contributed by atoms with Crippen LogP contribution in [0.15, 0.2) is 0 Å². The maximum atomic E-state index is 8.47. The Morgan fingerprint density at radius 1 is 1.50 bits per heavy atom. The number of rotatable bonds is 6. The van der Waals surface area contributed by atoms with Crippen LogP contribution in [0.4, 0.5) is 0 Å². The van der Waals surface area contributed by atoms with Crippen molar-refractivity contribution in [2.75, 3.05) is 27.4 Å². The third kappa shape index (κ3) is 5.08. The highest BCUT2D eigenvalue weighted by Crippen LogP contribution is 1.89. The van der Waals surface area contributed by atoms with Gasteiger partial charge in [0.05, 0.1) is 24.8 Å². The van der Waals surface area contributed by atoms with Gasteiger partial charge in [0.1, 0.15) is 0 Å². The molecule has 0 aliphatic carbocycles. The van der Waals surface area contributed by atoms with Gasteiger partial charge >= 0.3 is 0 Å². The summed E-state index contributed by atoms with van der Waals surface area (Å²) in [5, 5.41) is 11.5. The van der Waals surface area contributed by atoms with Gasteiger partial charge in [0.2, 0.25) is 0 Å². The maximum absolute atomic E-state index is 8.47. The molecule has 0 spiro atoms. The van der Waals surface area contributed by atoms with Crippen LogP contribution >= 0.6 is 0 Å². The lowest BCUT2D eigenvalue weighted by molar-refractivity contribution is 0.0284. The van der Waals surface area contributed by atoms with Crippen molar-refractivity contribution in [3.63, 3.8) is 0 Å². The molecule has 0 aromatic rings. The van der Waals surface area contributed by atoms with Crippen molar-refractivity contribution in [1.29, 1.82) is 5.26 Å². The van der Waals surface area contributed by atoms with E-state index in [9.17, 15) is 0 Å². The van der Waals surface area contributed by atoms with Crippen molar-refractivity contribution in [1.82, 2.24) is 5.32 Å². The van der Waals surface area contributed by atoms with Gasteiger partial charge in [0.15, 0.2) is 0 Å². The molecule has 0 heterocycles. The zero-order valence-corrected chi connectivity index (χ0v) is 7.83. The van der Waals surface area contributed by atoms with E-state index < -0.39 is 0 Å². The summed E-state index contributed by atoms with van der Waals surface area (Å²) in [6.07, 6.45) is 0.0193. The Balaban J connectivity index is 3.51. The maximum Gasteiger partial charge on any atom is 0.0928 e. The van der Waals surface area contributed by atoms with Gasteiger partial charge in [-0.2, -0.15) is 5.26 Å². The molecule has 0 amide bonds. The molecule has 0 radical (unpaired) electrons. The predicted octanol–water partition coefficient (Wildman–Crippen LogP) is 0.149. The largest absolute Gasteiger partial charge is 0.382 e. The molecule has 2 unspecified atom stereocenters. The number of ether oxygens (including phenoxy) is 2. The molecule has 0 saturated heterocycles. The Labute approximate surface area is 73.5 Å². The average molecular weight is 172 g/mol. The van der Waals surface area contributed by atoms with Crippen molar-refractivity contribution in [3.05, 3.63) is 0 Å². The normalized spacial score (nSPS) is 15.2. The zero-order chi connectivity index (χ0) is 9.40. The lowest BCUT2D eigenvalue weighted by atomic mass is 10.3. The van der Waals surface area contributed by atoms with Crippen molar-refractivity contribution in [3.8, 4) is 6.07 Å². The van der Waals surface area contributed by atoms with E-state index in [0.717, 1.165) is 0 Å². The Morgan fingerprint density at radius 3 is 2.58 bits per heavy atom. The first-order valence-corrected chi connectivity index (χ1v) is 3.89. The molecule has 0 aliphatic heterocycles. The molecule has 0 aromatic carbocycles. The number of nitrogens with one attached hydrogen (secondary N) is 1. The zero-order valence-electron chi connectivity index (χ0n) is 7.83. The van der Waals surface area contributed by atoms with Crippen LogP contribution in [0, 0.1) is 11.3 Å². The molecule has 0 aromatic heterocycles. The van der Waals surface area contributed by atoms with Gasteiger partial charge < -0.3 is 9.47 Å². The highest BCUT2D eigenvalue weighted by atomic mass is 16.5. The first-order valence-electron chi connectivity index (χ1n) is 3.89. The number of hydrogen-bond donors (Lipinski definition) is 1. The summed E-state index contributed by atoms with van der Waals surface area (Å²) < 4.78 is 10.0. The molecule has 0 fully saturated rings. The third-order valence-corrected chi connectivity index (χ3v) is 1.53. The van der Waals surface area contributed by atoms with Gasteiger partial charge in [-0.15, -0.1) is 0 Å². The van der Waals surface area contributed by atoms with Crippen molar-refractivity contribution in [2.24, 2.45) is 0 Å². The lowest BCUT2D eigenvalue weighted by Crippen LogP contribution is -2.36. The van der Waals surface area contributed by atoms with Crippen LogP contribution in [-0.2, 0) is 9.47 Å². The smallest absolute Gasteiger partial charge is 0.0928 e. The van der Waals surface area contributed by atoms with Gasteiger partial charge in [-0.1, -0.05) is 0 Å². The van der Waals surface area contributed by atoms with Crippen LogP contribution in [0.1, 0.15) is 6.92 Å². The van der Waals surface area contributed by atoms with E-state index >= 15 is 0 Å². The average Bonchev–Trinajstić information content (AvgIpc) is 2.11. The summed E-state index contributed by atoms with van der Waals surface area (Å²) in [4.78, 5) is 0. The van der Waals surface area contributed by atoms with Crippen LogP contribution in [-0.4, -0.2) is 39.5 Å². The quantitative estimate of drug-likeness (QED) is 0.619. The molecule has 1 N–H and O–H groups in total. The third-order valence-electron chi connectivity index (χ3n) is 1.53. The van der Waals surface area contributed by atoms with Gasteiger partial charge in [0.25, 0.3) is 0 Å². The van der Waals surface area contributed by atoms with E-state index in [0.29, 0.717) is 13.2 Å². The fraction of sp³-hybridized carbons (Fsp3) is 0.875. The Bertz CT molecular complexity index is 144. The van der Waals surface area contributed by atoms with Crippen LogP contribution < -0.4 is 5.32 Å². The fourth-order valence-electron chi connectivity index (χ4n) is 0.750. The van der Waals surface area contributed by atoms with Gasteiger partial charge in [0, 0.05) is 20.8 Å². The van der Waals surface area contributed by atoms with Crippen LogP contribution in [0.3, 0.4) is 0 Å². The summed E-state index contributed by atoms with van der Waals surface area (Å²) in [5.41, 5.74) is 0. The predicted molar refractivity (Wildman–Crippen MR) is 45.8 cm³/mol. The molecule has 0 rings (SSSR count). The monoisotopic (exact) mass is 172 g/mol. The van der Waals surface area contributed by atoms with Crippen molar-refractivity contribution < 1.29 is 9.47 Å². The highest BCUT2D eigenvalue weighted by Gasteiger charge is 2.07. The van der Waals surface area contributed by atoms with E-state index in [2.05, 4.69) is 11.4 Å². The van der Waals surface area contributed by atoms with E-state index in [1.54, 1.807) is 21.1 Å². The van der Waals surface area contributed by atoms with Gasteiger partial charge in [-0.05, 0) is 6.92 Å². The molecule has 2 atom stereocenters. The van der Waals surface area contributed by atoms with Crippen LogP contribution in [0.2, 0.25) is 0 Å². The van der Waals surface area contributed by atoms with E-state index in [4.69, 9.17) is 14.7 Å². The first kappa shape index (κ1) is 11.4. The van der Waals surface area contributed by atoms with E-state index in [-0.39, 0.29) is 12.1 Å². The highest BCUT2D eigenvalue weighted by molar-refractivity contribution is 4.85. The lowest BCUT2D eigenvalue weighted by Gasteiger charge is -2.15. The summed E-state index contributed by atoms with van der Waals surface area (Å²) in [6.45, 7) is 2.99. The number of nitrogens with zero attached hydrogens (tertiary/aromatic N) is 1. The minimum absolute atomic E-state index is 0.0193. The number of methoxy groups -OCH3 is 2. The molecule has 12 heavy (non-hydrogen) atoms. The SMILES string of the molecule is COCC(CNC(C)C#N)OC. The second kappa shape index (κ2) is 7.04. The first-order chi connectivity index (χ1) is 5.74. The van der Waals surface area contributed by atoms with Crippen LogP contribution in [0.5, 0.6) is 0 Å². The minimum Gasteiger partial charge on any atom is -0.382 e. The molecule has 4 heteroatoms. The Kier molecular flexibility index (Phi) is 6.67. The molecule has 0 bridgehead atoms. The summed E-state index contributed by atoms with van der Waals surface area (Å²) >= 11 is 0. The molecule has 70 valence electrons. The standard InChI is InChI=1S/C8H16N2O2/c1-7(4-9)10-5-8(12-3)6-11-2/h7-8,10H,5-6H2,1-3H3. The minimum atomic E-state index is -0.139. The molecule has 0 saturated carbocycles. The summed E-state index contributed by atoms with van der Waals surface area (Å²) in [7, 11) is 3.25. The van der Waals surface area contributed by atoms with E-state index in [1.807, 2.05) is 0 Å². The second-order valence-corrected chi connectivity index (χ2v) is 2.57. The van der Waals surface area contributed by atoms with Gasteiger partial charge in [-0.25, -0.2) is 0 Å². The second-order valence-electron chi connectivity index (χ2n) is 2.57. The van der Waals surface area contributed by atoms with Crippen LogP contribution in [0.25, 0.3) is 0 Å². The Hall–Kier alpha value is -0.630. The molecule has 4 nitrogen and oxygen atoms in total. The molecule has 0 aliphatic rings. The number of nitriles is 1. The van der Waals surface area contributed by atoms with Crippen molar-refractivity contribution in [2.45, 2.75) is 19.1 Å². The molecular formula is C8H16N2O2.